The summed E-state index contributed by atoms with van der Waals surface area (Å²) in [6, 6.07) is 2.48. The number of carboxylic acid groups (broad SMARTS) is 1. The van der Waals surface area contributed by atoms with Gasteiger partial charge in [0.05, 0.1) is 16.9 Å². The molecule has 2 atom stereocenters. The molecule has 0 N–H and O–H groups in total. The summed E-state index contributed by atoms with van der Waals surface area (Å²) in [6.07, 6.45) is 2.18. The first-order valence-corrected chi connectivity index (χ1v) is 8.12. The second-order valence-corrected chi connectivity index (χ2v) is 6.83. The summed E-state index contributed by atoms with van der Waals surface area (Å²) >= 11 is 6.26. The van der Waals surface area contributed by atoms with Crippen molar-refractivity contribution in [2.45, 2.75) is 33.2 Å². The number of rotatable bonds is 5. The van der Waals surface area contributed by atoms with Crippen molar-refractivity contribution in [3.63, 3.8) is 0 Å². The minimum absolute atomic E-state index is 0.231. The van der Waals surface area contributed by atoms with Gasteiger partial charge in [0.1, 0.15) is 15.8 Å². The average molecular weight is 338 g/mol. The molecule has 2 heterocycles. The third-order valence-corrected chi connectivity index (χ3v) is 4.89. The molecule has 2 rings (SSSR count). The number of carbonyl (C=O) groups is 2. The van der Waals surface area contributed by atoms with Crippen LogP contribution in [0.2, 0.25) is 0 Å². The van der Waals surface area contributed by atoms with Gasteiger partial charge in [-0.25, -0.2) is 0 Å². The maximum Gasteiger partial charge on any atom is 0.266 e. The largest absolute Gasteiger partial charge is 0.548 e. The molecule has 0 unspecified atom stereocenters. The van der Waals surface area contributed by atoms with Gasteiger partial charge in [0.2, 0.25) is 0 Å². The Labute approximate surface area is 138 Å². The van der Waals surface area contributed by atoms with E-state index in [0.29, 0.717) is 17.1 Å². The van der Waals surface area contributed by atoms with Crippen LogP contribution in [0.25, 0.3) is 6.08 Å². The van der Waals surface area contributed by atoms with E-state index < -0.39 is 17.9 Å². The van der Waals surface area contributed by atoms with Crippen LogP contribution in [0.5, 0.6) is 0 Å². The van der Waals surface area contributed by atoms with Crippen LogP contribution in [0.1, 0.15) is 31.8 Å². The molecule has 7 heteroatoms. The summed E-state index contributed by atoms with van der Waals surface area (Å²) in [5, 5.41) is 11.4. The minimum Gasteiger partial charge on any atom is -0.548 e. The molecule has 1 aliphatic rings. The number of carboxylic acids is 1. The Hall–Kier alpha value is -1.60. The molecule has 0 saturated carbocycles. The first-order valence-electron chi connectivity index (χ1n) is 6.89. The van der Waals surface area contributed by atoms with Crippen LogP contribution in [0.15, 0.2) is 21.5 Å². The zero-order valence-electron chi connectivity index (χ0n) is 12.5. The lowest BCUT2D eigenvalue weighted by molar-refractivity contribution is -0.311. The van der Waals surface area contributed by atoms with Crippen LogP contribution in [0.3, 0.4) is 0 Å². The number of nitrogens with zero attached hydrogens (tertiary/aromatic N) is 1. The van der Waals surface area contributed by atoms with E-state index in [4.69, 9.17) is 16.6 Å². The molecule has 0 bridgehead atoms. The van der Waals surface area contributed by atoms with Gasteiger partial charge < -0.3 is 14.3 Å². The van der Waals surface area contributed by atoms with E-state index in [9.17, 15) is 14.7 Å². The predicted molar refractivity (Wildman–Crippen MR) is 86.7 cm³/mol. The Morgan fingerprint density at radius 3 is 2.73 bits per heavy atom. The quantitative estimate of drug-likeness (QED) is 0.603. The van der Waals surface area contributed by atoms with E-state index in [1.54, 1.807) is 32.1 Å². The summed E-state index contributed by atoms with van der Waals surface area (Å²) in [5.74, 6) is -0.697. The fourth-order valence-electron chi connectivity index (χ4n) is 2.20. The predicted octanol–water partition coefficient (Wildman–Crippen LogP) is 1.95. The van der Waals surface area contributed by atoms with Crippen LogP contribution in [0, 0.1) is 12.8 Å². The summed E-state index contributed by atoms with van der Waals surface area (Å²) in [4.78, 5) is 25.4. The highest BCUT2D eigenvalue weighted by Crippen LogP contribution is 2.35. The molecule has 0 radical (unpaired) electrons. The smallest absolute Gasteiger partial charge is 0.266 e. The number of amides is 1. The molecular formula is C15H16NO4S2-. The first-order chi connectivity index (χ1) is 10.3. The first kappa shape index (κ1) is 16.8. The number of thiocarbonyl (C=S) groups is 1. The third kappa shape index (κ3) is 3.25. The van der Waals surface area contributed by atoms with Gasteiger partial charge in [0.25, 0.3) is 5.91 Å². The van der Waals surface area contributed by atoms with Crippen molar-refractivity contribution in [2.24, 2.45) is 5.92 Å². The maximum atomic E-state index is 12.5. The zero-order valence-corrected chi connectivity index (χ0v) is 14.1. The van der Waals surface area contributed by atoms with Crippen molar-refractivity contribution in [2.75, 3.05) is 0 Å². The number of furan rings is 1. The van der Waals surface area contributed by atoms with Gasteiger partial charge in [0, 0.05) is 6.08 Å². The highest BCUT2D eigenvalue weighted by atomic mass is 32.2. The lowest BCUT2D eigenvalue weighted by Gasteiger charge is -2.32. The highest BCUT2D eigenvalue weighted by molar-refractivity contribution is 8.26. The number of thioether (sulfide) groups is 1. The molecule has 1 fully saturated rings. The van der Waals surface area contributed by atoms with E-state index in [-0.39, 0.29) is 10.2 Å². The number of aryl methyl sites for hydroxylation is 1. The minimum atomic E-state index is -1.29. The standard InChI is InChI=1S/C15H17NO4S2/c1-4-8(2)12(14(18)19)16-13(17)11(22-15(16)21)7-10-6-5-9(3)20-10/h5-8,12H,4H2,1-3H3,(H,18,19)/p-1/b11-7+/t8-,12-/m0/s1. The molecule has 118 valence electrons. The monoisotopic (exact) mass is 338 g/mol. The Balaban J connectivity index is 2.32. The number of hydrogen-bond acceptors (Lipinski definition) is 6. The maximum absolute atomic E-state index is 12.5. The lowest BCUT2D eigenvalue weighted by atomic mass is 9.98. The molecule has 0 aliphatic carbocycles. The number of hydrogen-bond donors (Lipinski definition) is 0. The molecule has 1 aromatic heterocycles. The SMILES string of the molecule is CC[C@H](C)[C@@H](C(=O)[O-])N1C(=O)/C(=C\c2ccc(C)o2)SC1=S. The molecule has 22 heavy (non-hydrogen) atoms. The molecule has 1 aliphatic heterocycles. The van der Waals surface area contributed by atoms with Crippen molar-refractivity contribution < 1.29 is 19.1 Å². The Bertz CT molecular complexity index is 650. The molecular weight excluding hydrogens is 322 g/mol. The molecule has 0 aromatic carbocycles. The summed E-state index contributed by atoms with van der Waals surface area (Å²) < 4.78 is 5.64. The van der Waals surface area contributed by atoms with E-state index in [1.165, 1.54) is 0 Å². The van der Waals surface area contributed by atoms with Gasteiger partial charge >= 0.3 is 0 Å². The second-order valence-electron chi connectivity index (χ2n) is 5.15. The van der Waals surface area contributed by atoms with Crippen LogP contribution in [-0.2, 0) is 9.59 Å². The summed E-state index contributed by atoms with van der Waals surface area (Å²) in [7, 11) is 0. The van der Waals surface area contributed by atoms with Crippen molar-refractivity contribution in [1.29, 1.82) is 0 Å². The van der Waals surface area contributed by atoms with Crippen LogP contribution in [-0.4, -0.2) is 27.1 Å². The third-order valence-electron chi connectivity index (χ3n) is 3.56. The zero-order chi connectivity index (χ0) is 16.4. The molecule has 1 aromatic rings. The topological polar surface area (TPSA) is 73.6 Å². The second kappa shape index (κ2) is 6.66. The van der Waals surface area contributed by atoms with Crippen LogP contribution in [0.4, 0.5) is 0 Å². The Morgan fingerprint density at radius 1 is 1.55 bits per heavy atom. The van der Waals surface area contributed by atoms with E-state index in [0.717, 1.165) is 22.4 Å². The van der Waals surface area contributed by atoms with Gasteiger partial charge in [0.15, 0.2) is 0 Å². The van der Waals surface area contributed by atoms with E-state index in [1.807, 2.05) is 6.92 Å². The van der Waals surface area contributed by atoms with Gasteiger partial charge in [-0.2, -0.15) is 0 Å². The van der Waals surface area contributed by atoms with Crippen LogP contribution >= 0.6 is 24.0 Å². The molecule has 0 spiro atoms. The van der Waals surface area contributed by atoms with Gasteiger partial charge in [-0.15, -0.1) is 0 Å². The van der Waals surface area contributed by atoms with Crippen molar-refractivity contribution in [1.82, 2.24) is 4.90 Å². The molecule has 5 nitrogen and oxygen atoms in total. The van der Waals surface area contributed by atoms with Gasteiger partial charge in [-0.05, 0) is 25.0 Å². The lowest BCUT2D eigenvalue weighted by Crippen LogP contribution is -2.53. The highest BCUT2D eigenvalue weighted by Gasteiger charge is 2.39. The number of carbonyl (C=O) groups excluding carboxylic acids is 2. The van der Waals surface area contributed by atoms with Crippen molar-refractivity contribution >= 4 is 46.3 Å². The van der Waals surface area contributed by atoms with Gasteiger partial charge in [-0.3, -0.25) is 9.69 Å². The average Bonchev–Trinajstić information content (AvgIpc) is 2.97. The Morgan fingerprint density at radius 2 is 2.23 bits per heavy atom. The van der Waals surface area contributed by atoms with E-state index >= 15 is 0 Å². The molecule has 1 saturated heterocycles. The number of aliphatic carboxylic acids is 1. The van der Waals surface area contributed by atoms with Crippen molar-refractivity contribution in [3.8, 4) is 0 Å². The van der Waals surface area contributed by atoms with Crippen molar-refractivity contribution in [3.05, 3.63) is 28.6 Å². The Kier molecular flexibility index (Phi) is 5.08. The fraction of sp³-hybridized carbons (Fsp3) is 0.400. The summed E-state index contributed by atoms with van der Waals surface area (Å²) in [6.45, 7) is 5.43. The summed E-state index contributed by atoms with van der Waals surface area (Å²) in [5.41, 5.74) is 0. The normalized spacial score (nSPS) is 19.8. The fourth-order valence-corrected chi connectivity index (χ4v) is 3.50. The van der Waals surface area contributed by atoms with Crippen LogP contribution < -0.4 is 5.11 Å². The van der Waals surface area contributed by atoms with Gasteiger partial charge in [-0.1, -0.05) is 44.2 Å². The van der Waals surface area contributed by atoms with E-state index in [2.05, 4.69) is 0 Å². The molecule has 1 amide bonds.